The average molecular weight is 389 g/mol. The van der Waals surface area contributed by atoms with Crippen LogP contribution in [0.1, 0.15) is 16.1 Å². The average Bonchev–Trinajstić information content (AvgIpc) is 2.53. The van der Waals surface area contributed by atoms with Gasteiger partial charge in [-0.05, 0) is 37.3 Å². The highest BCUT2D eigenvalue weighted by molar-refractivity contribution is 6.35. The number of anilines is 4. The number of aromatic nitrogens is 2. The van der Waals surface area contributed by atoms with Crippen molar-refractivity contribution in [2.75, 3.05) is 10.6 Å². The molecule has 0 unspecified atom stereocenters. The summed E-state index contributed by atoms with van der Waals surface area (Å²) in [5.41, 5.74) is 1.94. The van der Waals surface area contributed by atoms with Crippen LogP contribution in [-0.4, -0.2) is 21.0 Å². The van der Waals surface area contributed by atoms with Gasteiger partial charge in [0.15, 0.2) is 0 Å². The Bertz CT molecular complexity index is 959. The van der Waals surface area contributed by atoms with Gasteiger partial charge in [-0.2, -0.15) is 4.98 Å². The number of aromatic carboxylic acids is 1. The monoisotopic (exact) mass is 388 g/mol. The van der Waals surface area contributed by atoms with Crippen LogP contribution in [0.2, 0.25) is 10.0 Å². The molecule has 0 saturated carbocycles. The van der Waals surface area contributed by atoms with Crippen LogP contribution in [0, 0.1) is 6.92 Å². The van der Waals surface area contributed by atoms with Crippen molar-refractivity contribution in [1.82, 2.24) is 9.97 Å². The van der Waals surface area contributed by atoms with Gasteiger partial charge in [0.05, 0.1) is 11.3 Å². The molecule has 8 heteroatoms. The number of para-hydroxylation sites is 1. The zero-order chi connectivity index (χ0) is 18.7. The Morgan fingerprint density at radius 1 is 1.00 bits per heavy atom. The molecule has 0 aliphatic heterocycles. The molecule has 0 spiro atoms. The number of rotatable bonds is 5. The van der Waals surface area contributed by atoms with E-state index in [1.165, 1.54) is 6.07 Å². The molecule has 0 radical (unpaired) electrons. The summed E-state index contributed by atoms with van der Waals surface area (Å²) in [6.45, 7) is 1.81. The summed E-state index contributed by atoms with van der Waals surface area (Å²) >= 11 is 12.0. The molecular formula is C18H14Cl2N4O2. The molecular weight excluding hydrogens is 375 g/mol. The van der Waals surface area contributed by atoms with Crippen molar-refractivity contribution >= 4 is 52.3 Å². The largest absolute Gasteiger partial charge is 0.478 e. The van der Waals surface area contributed by atoms with Crippen LogP contribution in [0.25, 0.3) is 0 Å². The molecule has 0 fully saturated rings. The highest BCUT2D eigenvalue weighted by Gasteiger charge is 2.11. The Morgan fingerprint density at radius 2 is 1.69 bits per heavy atom. The number of nitrogens with zero attached hydrogens (tertiary/aromatic N) is 2. The Hall–Kier alpha value is -2.83. The van der Waals surface area contributed by atoms with Gasteiger partial charge in [0, 0.05) is 27.5 Å². The first-order chi connectivity index (χ1) is 12.4. The van der Waals surface area contributed by atoms with Crippen LogP contribution in [0.15, 0.2) is 48.5 Å². The van der Waals surface area contributed by atoms with E-state index in [1.54, 1.807) is 42.5 Å². The predicted octanol–water partition coefficient (Wildman–Crippen LogP) is 5.28. The van der Waals surface area contributed by atoms with E-state index >= 15 is 0 Å². The smallest absolute Gasteiger partial charge is 0.337 e. The molecule has 0 aliphatic rings. The minimum absolute atomic E-state index is 0.153. The second-order valence-electron chi connectivity index (χ2n) is 5.48. The zero-order valence-corrected chi connectivity index (χ0v) is 15.1. The van der Waals surface area contributed by atoms with E-state index in [1.807, 2.05) is 6.92 Å². The molecule has 0 bridgehead atoms. The van der Waals surface area contributed by atoms with Gasteiger partial charge in [-0.15, -0.1) is 0 Å². The number of carboxylic acid groups (broad SMARTS) is 1. The van der Waals surface area contributed by atoms with Crippen molar-refractivity contribution in [1.29, 1.82) is 0 Å². The van der Waals surface area contributed by atoms with Crippen molar-refractivity contribution in [2.24, 2.45) is 0 Å². The molecule has 6 nitrogen and oxygen atoms in total. The van der Waals surface area contributed by atoms with Crippen LogP contribution in [0.5, 0.6) is 0 Å². The van der Waals surface area contributed by atoms with E-state index in [-0.39, 0.29) is 5.56 Å². The standard InChI is InChI=1S/C18H14Cl2N4O2/c1-10-6-16(23-15-5-3-2-4-14(15)17(25)26)24-18(21-10)22-13-8-11(19)7-12(20)9-13/h2-9H,1H3,(H,25,26)(H2,21,22,23,24). The summed E-state index contributed by atoms with van der Waals surface area (Å²) in [5, 5.41) is 16.3. The first-order valence-corrected chi connectivity index (χ1v) is 8.34. The number of hydrogen-bond acceptors (Lipinski definition) is 5. The topological polar surface area (TPSA) is 87.1 Å². The van der Waals surface area contributed by atoms with Gasteiger partial charge >= 0.3 is 5.97 Å². The van der Waals surface area contributed by atoms with Gasteiger partial charge in [0.1, 0.15) is 5.82 Å². The third-order valence-corrected chi connectivity index (χ3v) is 3.83. The maximum absolute atomic E-state index is 11.3. The zero-order valence-electron chi connectivity index (χ0n) is 13.6. The lowest BCUT2D eigenvalue weighted by molar-refractivity contribution is 0.0698. The molecule has 1 heterocycles. The molecule has 0 atom stereocenters. The van der Waals surface area contributed by atoms with E-state index in [0.717, 1.165) is 0 Å². The molecule has 0 aliphatic carbocycles. The summed E-state index contributed by atoms with van der Waals surface area (Å²) in [7, 11) is 0. The van der Waals surface area contributed by atoms with Gasteiger partial charge in [-0.1, -0.05) is 35.3 Å². The first kappa shape index (κ1) is 18.0. The molecule has 3 aromatic rings. The number of carbonyl (C=O) groups is 1. The second-order valence-corrected chi connectivity index (χ2v) is 6.35. The van der Waals surface area contributed by atoms with E-state index in [9.17, 15) is 9.90 Å². The third-order valence-electron chi connectivity index (χ3n) is 3.39. The van der Waals surface area contributed by atoms with E-state index < -0.39 is 5.97 Å². The van der Waals surface area contributed by atoms with Crippen molar-refractivity contribution in [3.05, 3.63) is 69.8 Å². The lowest BCUT2D eigenvalue weighted by Crippen LogP contribution is -2.05. The van der Waals surface area contributed by atoms with E-state index in [0.29, 0.717) is 38.9 Å². The molecule has 0 saturated heterocycles. The Balaban J connectivity index is 1.90. The predicted molar refractivity (Wildman–Crippen MR) is 103 cm³/mol. The number of halogens is 2. The summed E-state index contributed by atoms with van der Waals surface area (Å²) in [6, 6.07) is 13.3. The highest BCUT2D eigenvalue weighted by atomic mass is 35.5. The fraction of sp³-hybridized carbons (Fsp3) is 0.0556. The summed E-state index contributed by atoms with van der Waals surface area (Å²) < 4.78 is 0. The molecule has 1 aromatic heterocycles. The van der Waals surface area contributed by atoms with Gasteiger partial charge < -0.3 is 15.7 Å². The van der Waals surface area contributed by atoms with Crippen LogP contribution < -0.4 is 10.6 Å². The highest BCUT2D eigenvalue weighted by Crippen LogP contribution is 2.26. The normalized spacial score (nSPS) is 10.4. The molecule has 132 valence electrons. The van der Waals surface area contributed by atoms with Gasteiger partial charge in [-0.25, -0.2) is 9.78 Å². The van der Waals surface area contributed by atoms with Crippen LogP contribution in [0.4, 0.5) is 23.1 Å². The summed E-state index contributed by atoms with van der Waals surface area (Å²) in [5.74, 6) is -0.230. The van der Waals surface area contributed by atoms with Gasteiger partial charge in [-0.3, -0.25) is 0 Å². The van der Waals surface area contributed by atoms with Crippen LogP contribution in [-0.2, 0) is 0 Å². The van der Waals surface area contributed by atoms with E-state index in [4.69, 9.17) is 23.2 Å². The minimum Gasteiger partial charge on any atom is -0.478 e. The Kier molecular flexibility index (Phi) is 5.25. The van der Waals surface area contributed by atoms with Gasteiger partial charge in [0.25, 0.3) is 0 Å². The maximum Gasteiger partial charge on any atom is 0.337 e. The number of carboxylic acids is 1. The van der Waals surface area contributed by atoms with Crippen molar-refractivity contribution in [2.45, 2.75) is 6.92 Å². The molecule has 0 amide bonds. The number of aryl methyl sites for hydroxylation is 1. The molecule has 2 aromatic carbocycles. The number of nitrogens with one attached hydrogen (secondary N) is 2. The lowest BCUT2D eigenvalue weighted by Gasteiger charge is -2.12. The molecule has 3 rings (SSSR count). The minimum atomic E-state index is -1.02. The lowest BCUT2D eigenvalue weighted by atomic mass is 10.2. The maximum atomic E-state index is 11.3. The van der Waals surface area contributed by atoms with E-state index in [2.05, 4.69) is 20.6 Å². The first-order valence-electron chi connectivity index (χ1n) is 7.59. The second kappa shape index (κ2) is 7.59. The Morgan fingerprint density at radius 3 is 2.38 bits per heavy atom. The molecule has 26 heavy (non-hydrogen) atoms. The van der Waals surface area contributed by atoms with Crippen LogP contribution in [0.3, 0.4) is 0 Å². The summed E-state index contributed by atoms with van der Waals surface area (Å²) in [6.07, 6.45) is 0. The van der Waals surface area contributed by atoms with Crippen molar-refractivity contribution in [3.8, 4) is 0 Å². The summed E-state index contributed by atoms with van der Waals surface area (Å²) in [4.78, 5) is 20.0. The number of benzene rings is 2. The quantitative estimate of drug-likeness (QED) is 0.551. The Labute approximate surface area is 159 Å². The fourth-order valence-corrected chi connectivity index (χ4v) is 2.89. The van der Waals surface area contributed by atoms with Gasteiger partial charge in [0.2, 0.25) is 5.95 Å². The van der Waals surface area contributed by atoms with Crippen LogP contribution >= 0.6 is 23.2 Å². The SMILES string of the molecule is Cc1cc(Nc2ccccc2C(=O)O)nc(Nc2cc(Cl)cc(Cl)c2)n1. The van der Waals surface area contributed by atoms with Crippen molar-refractivity contribution < 1.29 is 9.90 Å². The third kappa shape index (κ3) is 4.41. The number of hydrogen-bond donors (Lipinski definition) is 3. The van der Waals surface area contributed by atoms with Crippen molar-refractivity contribution in [3.63, 3.8) is 0 Å². The molecule has 3 N–H and O–H groups in total. The fourth-order valence-electron chi connectivity index (χ4n) is 2.36.